The standard InChI is InChI=1S/C12H15N5OS/c1-12(2,3)10-9(19-17-16-10)11(18)15-7-4-5-8(13)14-6-7/h4-6H,1-3H3,(H2,13,14)(H,15,18). The van der Waals surface area contributed by atoms with Crippen LogP contribution in [0.2, 0.25) is 0 Å². The number of anilines is 2. The van der Waals surface area contributed by atoms with E-state index in [1.807, 2.05) is 20.8 Å². The second kappa shape index (κ2) is 4.93. The highest BCUT2D eigenvalue weighted by Gasteiger charge is 2.26. The van der Waals surface area contributed by atoms with E-state index in [0.717, 1.165) is 11.5 Å². The first kappa shape index (κ1) is 13.4. The molecule has 0 aliphatic carbocycles. The number of hydrogen-bond acceptors (Lipinski definition) is 6. The van der Waals surface area contributed by atoms with Crippen LogP contribution in [0.3, 0.4) is 0 Å². The maximum absolute atomic E-state index is 12.2. The van der Waals surface area contributed by atoms with Gasteiger partial charge in [-0.2, -0.15) is 0 Å². The summed E-state index contributed by atoms with van der Waals surface area (Å²) in [5, 5.41) is 6.79. The van der Waals surface area contributed by atoms with Crippen molar-refractivity contribution in [1.82, 2.24) is 14.6 Å². The molecule has 0 fully saturated rings. The Morgan fingerprint density at radius 2 is 2.11 bits per heavy atom. The number of nitrogen functional groups attached to an aromatic ring is 1. The van der Waals surface area contributed by atoms with Crippen LogP contribution < -0.4 is 11.1 Å². The van der Waals surface area contributed by atoms with Crippen molar-refractivity contribution in [2.24, 2.45) is 0 Å². The van der Waals surface area contributed by atoms with Gasteiger partial charge in [0.05, 0.1) is 17.6 Å². The summed E-state index contributed by atoms with van der Waals surface area (Å²) in [6, 6.07) is 3.33. The zero-order chi connectivity index (χ0) is 14.0. The molecule has 7 heteroatoms. The lowest BCUT2D eigenvalue weighted by molar-refractivity contribution is 0.102. The van der Waals surface area contributed by atoms with Crippen LogP contribution in [-0.2, 0) is 5.41 Å². The molecule has 0 saturated carbocycles. The first-order chi connectivity index (χ1) is 8.88. The maximum Gasteiger partial charge on any atom is 0.269 e. The van der Waals surface area contributed by atoms with Crippen LogP contribution in [-0.4, -0.2) is 20.5 Å². The maximum atomic E-state index is 12.2. The van der Waals surface area contributed by atoms with Gasteiger partial charge in [-0.15, -0.1) is 5.10 Å². The molecule has 100 valence electrons. The van der Waals surface area contributed by atoms with E-state index in [2.05, 4.69) is 19.9 Å². The summed E-state index contributed by atoms with van der Waals surface area (Å²) in [6.45, 7) is 5.97. The molecule has 2 aromatic heterocycles. The fourth-order valence-corrected chi connectivity index (χ4v) is 2.27. The van der Waals surface area contributed by atoms with Crippen LogP contribution in [0.5, 0.6) is 0 Å². The van der Waals surface area contributed by atoms with Crippen LogP contribution >= 0.6 is 11.5 Å². The average molecular weight is 277 g/mol. The zero-order valence-electron chi connectivity index (χ0n) is 11.0. The largest absolute Gasteiger partial charge is 0.384 e. The van der Waals surface area contributed by atoms with E-state index in [4.69, 9.17) is 5.73 Å². The Morgan fingerprint density at radius 1 is 1.37 bits per heavy atom. The Hall–Kier alpha value is -2.02. The summed E-state index contributed by atoms with van der Waals surface area (Å²) in [6.07, 6.45) is 1.51. The van der Waals surface area contributed by atoms with E-state index >= 15 is 0 Å². The topological polar surface area (TPSA) is 93.8 Å². The highest BCUT2D eigenvalue weighted by Crippen LogP contribution is 2.26. The number of aromatic nitrogens is 3. The van der Waals surface area contributed by atoms with E-state index < -0.39 is 0 Å². The minimum Gasteiger partial charge on any atom is -0.384 e. The van der Waals surface area contributed by atoms with Gasteiger partial charge < -0.3 is 11.1 Å². The van der Waals surface area contributed by atoms with Crippen molar-refractivity contribution in [2.75, 3.05) is 11.1 Å². The fraction of sp³-hybridized carbons (Fsp3) is 0.333. The smallest absolute Gasteiger partial charge is 0.269 e. The number of nitrogens with zero attached hydrogens (tertiary/aromatic N) is 3. The van der Waals surface area contributed by atoms with Crippen LogP contribution in [0.1, 0.15) is 36.1 Å². The summed E-state index contributed by atoms with van der Waals surface area (Å²) < 4.78 is 3.86. The lowest BCUT2D eigenvalue weighted by Crippen LogP contribution is -2.19. The average Bonchev–Trinajstić information content (AvgIpc) is 2.81. The Bertz CT molecular complexity index is 585. The second-order valence-corrected chi connectivity index (χ2v) is 5.88. The molecule has 2 heterocycles. The van der Waals surface area contributed by atoms with Crippen LogP contribution in [0.15, 0.2) is 18.3 Å². The van der Waals surface area contributed by atoms with Gasteiger partial charge in [0.25, 0.3) is 5.91 Å². The molecule has 0 radical (unpaired) electrons. The number of carbonyl (C=O) groups is 1. The highest BCUT2D eigenvalue weighted by molar-refractivity contribution is 7.08. The van der Waals surface area contributed by atoms with E-state index in [9.17, 15) is 4.79 Å². The molecule has 0 spiro atoms. The van der Waals surface area contributed by atoms with Crippen molar-refractivity contribution in [3.05, 3.63) is 28.9 Å². The highest BCUT2D eigenvalue weighted by atomic mass is 32.1. The number of amides is 1. The number of pyridine rings is 1. The van der Waals surface area contributed by atoms with Crippen molar-refractivity contribution in [3.8, 4) is 0 Å². The predicted molar refractivity (Wildman–Crippen MR) is 75.2 cm³/mol. The van der Waals surface area contributed by atoms with Gasteiger partial charge in [-0.25, -0.2) is 4.98 Å². The monoisotopic (exact) mass is 277 g/mol. The van der Waals surface area contributed by atoms with Crippen molar-refractivity contribution < 1.29 is 4.79 Å². The number of carbonyl (C=O) groups excluding carboxylic acids is 1. The Labute approximate surface area is 115 Å². The minimum absolute atomic E-state index is 0.223. The SMILES string of the molecule is CC(C)(C)c1nnsc1C(=O)Nc1ccc(N)nc1. The van der Waals surface area contributed by atoms with Crippen LogP contribution in [0, 0.1) is 0 Å². The van der Waals surface area contributed by atoms with Gasteiger partial charge in [0.1, 0.15) is 10.7 Å². The molecule has 0 atom stereocenters. The normalized spacial score (nSPS) is 11.3. The third-order valence-corrected chi connectivity index (χ3v) is 3.17. The van der Waals surface area contributed by atoms with Crippen molar-refractivity contribution in [3.63, 3.8) is 0 Å². The van der Waals surface area contributed by atoms with Gasteiger partial charge in [-0.3, -0.25) is 4.79 Å². The molecule has 0 bridgehead atoms. The van der Waals surface area contributed by atoms with Gasteiger partial charge >= 0.3 is 0 Å². The van der Waals surface area contributed by atoms with E-state index in [0.29, 0.717) is 22.1 Å². The summed E-state index contributed by atoms with van der Waals surface area (Å²) >= 11 is 1.09. The molecule has 19 heavy (non-hydrogen) atoms. The summed E-state index contributed by atoms with van der Waals surface area (Å²) in [5.41, 5.74) is 6.55. The minimum atomic E-state index is -0.230. The first-order valence-electron chi connectivity index (χ1n) is 5.73. The van der Waals surface area contributed by atoms with Gasteiger partial charge in [-0.05, 0) is 23.7 Å². The molecule has 1 amide bonds. The Balaban J connectivity index is 2.21. The van der Waals surface area contributed by atoms with Gasteiger partial charge in [0.2, 0.25) is 0 Å². The van der Waals surface area contributed by atoms with Crippen molar-refractivity contribution in [2.45, 2.75) is 26.2 Å². The lowest BCUT2D eigenvalue weighted by atomic mass is 9.91. The Kier molecular flexibility index (Phi) is 3.48. The molecule has 0 saturated heterocycles. The molecule has 0 unspecified atom stereocenters. The van der Waals surface area contributed by atoms with E-state index in [1.54, 1.807) is 12.1 Å². The number of nitrogens with one attached hydrogen (secondary N) is 1. The van der Waals surface area contributed by atoms with E-state index in [-0.39, 0.29) is 11.3 Å². The summed E-state index contributed by atoms with van der Waals surface area (Å²) in [5.74, 6) is 0.180. The lowest BCUT2D eigenvalue weighted by Gasteiger charge is -2.16. The number of hydrogen-bond donors (Lipinski definition) is 2. The van der Waals surface area contributed by atoms with Gasteiger partial charge in [0, 0.05) is 5.41 Å². The zero-order valence-corrected chi connectivity index (χ0v) is 11.8. The first-order valence-corrected chi connectivity index (χ1v) is 6.51. The third-order valence-electron chi connectivity index (χ3n) is 2.45. The van der Waals surface area contributed by atoms with Gasteiger partial charge in [-0.1, -0.05) is 25.3 Å². The van der Waals surface area contributed by atoms with Crippen molar-refractivity contribution in [1.29, 1.82) is 0 Å². The molecule has 0 aromatic carbocycles. The summed E-state index contributed by atoms with van der Waals surface area (Å²) in [7, 11) is 0. The number of rotatable bonds is 2. The molecule has 2 aromatic rings. The molecular formula is C12H15N5OS. The quantitative estimate of drug-likeness (QED) is 0.876. The molecule has 0 aliphatic heterocycles. The third kappa shape index (κ3) is 3.05. The molecule has 6 nitrogen and oxygen atoms in total. The second-order valence-electron chi connectivity index (χ2n) is 5.13. The number of nitrogens with two attached hydrogens (primary N) is 1. The van der Waals surface area contributed by atoms with Gasteiger partial charge in [0.15, 0.2) is 0 Å². The van der Waals surface area contributed by atoms with Crippen LogP contribution in [0.25, 0.3) is 0 Å². The van der Waals surface area contributed by atoms with E-state index in [1.165, 1.54) is 6.20 Å². The Morgan fingerprint density at radius 3 is 2.68 bits per heavy atom. The molecular weight excluding hydrogens is 262 g/mol. The predicted octanol–water partition coefficient (Wildman–Crippen LogP) is 2.07. The fourth-order valence-electron chi connectivity index (χ4n) is 1.50. The van der Waals surface area contributed by atoms with Crippen LogP contribution in [0.4, 0.5) is 11.5 Å². The van der Waals surface area contributed by atoms with Crippen molar-refractivity contribution >= 4 is 28.9 Å². The molecule has 0 aliphatic rings. The summed E-state index contributed by atoms with van der Waals surface area (Å²) in [4.78, 5) is 16.6. The molecule has 2 rings (SSSR count). The molecule has 3 N–H and O–H groups in total.